The number of carboxylic acids is 2. The summed E-state index contributed by atoms with van der Waals surface area (Å²) in [6.45, 7) is 0. The van der Waals surface area contributed by atoms with Crippen LogP contribution in [0.5, 0.6) is 0 Å². The second kappa shape index (κ2) is 15.6. The van der Waals surface area contributed by atoms with Crippen LogP contribution in [0.25, 0.3) is 0 Å². The summed E-state index contributed by atoms with van der Waals surface area (Å²) in [6, 6.07) is 36.2. The Bertz CT molecular complexity index is 2290. The number of hydrogen-bond donors (Lipinski definition) is 4. The summed E-state index contributed by atoms with van der Waals surface area (Å²) in [6.07, 6.45) is 0. The Morgan fingerprint density at radius 2 is 0.630 bits per heavy atom. The highest BCUT2D eigenvalue weighted by Gasteiger charge is 2.23. The maximum absolute atomic E-state index is 13.5. The molecule has 6 aromatic rings. The Balaban J connectivity index is 1.17. The molecular weight excluding hydrogens is 688 g/mol. The van der Waals surface area contributed by atoms with Gasteiger partial charge in [-0.1, -0.05) is 72.8 Å². The van der Waals surface area contributed by atoms with Gasteiger partial charge in [-0.3, -0.25) is 24.0 Å². The summed E-state index contributed by atoms with van der Waals surface area (Å²) in [4.78, 5) is 89.6. The summed E-state index contributed by atoms with van der Waals surface area (Å²) >= 11 is 0. The average molecular weight is 717 g/mol. The lowest BCUT2D eigenvalue weighted by atomic mass is 9.95. The lowest BCUT2D eigenvalue weighted by Gasteiger charge is -2.12. The van der Waals surface area contributed by atoms with E-state index in [4.69, 9.17) is 0 Å². The Labute approximate surface area is 307 Å². The van der Waals surface area contributed by atoms with E-state index in [9.17, 15) is 43.8 Å². The minimum atomic E-state index is -1.49. The van der Waals surface area contributed by atoms with Gasteiger partial charge < -0.3 is 20.8 Å². The van der Waals surface area contributed by atoms with Crippen molar-refractivity contribution in [1.82, 2.24) is 0 Å². The Morgan fingerprint density at radius 3 is 0.963 bits per heavy atom. The van der Waals surface area contributed by atoms with E-state index in [1.807, 2.05) is 0 Å². The molecule has 11 heteroatoms. The van der Waals surface area contributed by atoms with Crippen molar-refractivity contribution in [2.45, 2.75) is 0 Å². The maximum Gasteiger partial charge on any atom is 0.336 e. The Hall–Kier alpha value is -7.79. The van der Waals surface area contributed by atoms with Gasteiger partial charge in [0.2, 0.25) is 0 Å². The van der Waals surface area contributed by atoms with Gasteiger partial charge in [0, 0.05) is 44.8 Å². The second-order valence-electron chi connectivity index (χ2n) is 11.9. The van der Waals surface area contributed by atoms with Crippen LogP contribution in [0.2, 0.25) is 0 Å². The van der Waals surface area contributed by atoms with Crippen LogP contribution in [0, 0.1) is 0 Å². The largest absolute Gasteiger partial charge is 0.478 e. The molecule has 0 fully saturated rings. The van der Waals surface area contributed by atoms with E-state index in [2.05, 4.69) is 10.6 Å². The SMILES string of the molecule is O=C(c1ccccc1)c1ccc(NC(=O)c2ccc(C(=O)c3ccc(C(=O)Nc4ccc(C(=O)c5ccccc5)cc4)c(C(=O)O)c3)cc2C(=O)O)cc1. The molecule has 0 atom stereocenters. The van der Waals surface area contributed by atoms with Gasteiger partial charge in [-0.15, -0.1) is 0 Å². The predicted octanol–water partition coefficient (Wildman–Crippen LogP) is 7.28. The van der Waals surface area contributed by atoms with Crippen molar-refractivity contribution in [2.75, 3.05) is 10.6 Å². The number of nitrogens with one attached hydrogen (secondary N) is 2. The van der Waals surface area contributed by atoms with Crippen LogP contribution in [0.15, 0.2) is 146 Å². The molecule has 0 heterocycles. The molecule has 0 radical (unpaired) electrons. The van der Waals surface area contributed by atoms with Crippen molar-refractivity contribution in [3.05, 3.63) is 201 Å². The van der Waals surface area contributed by atoms with Crippen LogP contribution >= 0.6 is 0 Å². The van der Waals surface area contributed by atoms with E-state index in [0.29, 0.717) is 33.6 Å². The summed E-state index contributed by atoms with van der Waals surface area (Å²) < 4.78 is 0. The molecular formula is C43H28N2O9. The van der Waals surface area contributed by atoms with E-state index >= 15 is 0 Å². The topological polar surface area (TPSA) is 184 Å². The number of benzene rings is 6. The zero-order chi connectivity index (χ0) is 38.4. The summed E-state index contributed by atoms with van der Waals surface area (Å²) in [5.74, 6) is -5.73. The number of carboxylic acid groups (broad SMARTS) is 2. The molecule has 264 valence electrons. The summed E-state index contributed by atoms with van der Waals surface area (Å²) in [7, 11) is 0. The molecule has 0 saturated heterocycles. The van der Waals surface area contributed by atoms with Crippen LogP contribution in [0.1, 0.15) is 89.2 Å². The van der Waals surface area contributed by atoms with Crippen molar-refractivity contribution in [3.8, 4) is 0 Å². The van der Waals surface area contributed by atoms with Crippen LogP contribution in [-0.4, -0.2) is 51.3 Å². The van der Waals surface area contributed by atoms with Crippen molar-refractivity contribution in [2.24, 2.45) is 0 Å². The first kappa shape index (κ1) is 36.0. The molecule has 0 bridgehead atoms. The number of rotatable bonds is 12. The fourth-order valence-electron chi connectivity index (χ4n) is 5.61. The zero-order valence-electron chi connectivity index (χ0n) is 28.1. The first-order valence-corrected chi connectivity index (χ1v) is 16.3. The van der Waals surface area contributed by atoms with Gasteiger partial charge in [-0.2, -0.15) is 0 Å². The first-order valence-electron chi connectivity index (χ1n) is 16.3. The van der Waals surface area contributed by atoms with Gasteiger partial charge in [0.1, 0.15) is 0 Å². The van der Waals surface area contributed by atoms with E-state index < -0.39 is 40.7 Å². The quantitative estimate of drug-likeness (QED) is 0.0945. The van der Waals surface area contributed by atoms with E-state index in [-0.39, 0.29) is 33.8 Å². The van der Waals surface area contributed by atoms with Crippen molar-refractivity contribution in [3.63, 3.8) is 0 Å². The molecule has 0 aliphatic heterocycles. The van der Waals surface area contributed by atoms with Gasteiger partial charge >= 0.3 is 11.9 Å². The molecule has 4 N–H and O–H groups in total. The highest BCUT2D eigenvalue weighted by atomic mass is 16.4. The Kier molecular flexibility index (Phi) is 10.4. The van der Waals surface area contributed by atoms with Gasteiger partial charge in [0.25, 0.3) is 11.8 Å². The van der Waals surface area contributed by atoms with Gasteiger partial charge in [-0.05, 0) is 72.8 Å². The lowest BCUT2D eigenvalue weighted by Crippen LogP contribution is -2.18. The number of aromatic carboxylic acids is 2. The van der Waals surface area contributed by atoms with E-state index in [1.54, 1.807) is 60.7 Å². The van der Waals surface area contributed by atoms with Crippen LogP contribution < -0.4 is 10.6 Å². The fraction of sp³-hybridized carbons (Fsp3) is 0. The molecule has 2 amide bonds. The highest BCUT2D eigenvalue weighted by molar-refractivity contribution is 6.17. The number of amides is 2. The third-order valence-corrected chi connectivity index (χ3v) is 8.40. The molecule has 6 rings (SSSR count). The van der Waals surface area contributed by atoms with Gasteiger partial charge in [0.15, 0.2) is 17.3 Å². The standard InChI is InChI=1S/C43H28N2O9/c46-37(25-7-3-1-4-8-25)27-11-17-31(18-12-27)44-40(49)33-21-15-29(23-35(33)42(51)52)39(48)30-16-22-34(36(24-30)43(53)54)41(50)45-32-19-13-28(14-20-32)38(47)26-9-5-2-6-10-26/h1-24H,(H,44,49)(H,45,50)(H,51,52)(H,53,54). The molecule has 0 spiro atoms. The minimum Gasteiger partial charge on any atom is -0.478 e. The number of carbonyl (C=O) groups is 7. The third-order valence-electron chi connectivity index (χ3n) is 8.40. The Morgan fingerprint density at radius 1 is 0.333 bits per heavy atom. The van der Waals surface area contributed by atoms with E-state index in [0.717, 1.165) is 24.3 Å². The van der Waals surface area contributed by atoms with Crippen molar-refractivity contribution < 1.29 is 43.8 Å². The number of hydrogen-bond acceptors (Lipinski definition) is 7. The molecule has 0 saturated carbocycles. The third kappa shape index (κ3) is 7.90. The maximum atomic E-state index is 13.5. The van der Waals surface area contributed by atoms with Crippen molar-refractivity contribution >= 4 is 52.5 Å². The molecule has 0 aromatic heterocycles. The van der Waals surface area contributed by atoms with Crippen LogP contribution in [0.4, 0.5) is 11.4 Å². The average Bonchev–Trinajstić information content (AvgIpc) is 3.20. The molecule has 11 nitrogen and oxygen atoms in total. The van der Waals surface area contributed by atoms with Crippen LogP contribution in [0.3, 0.4) is 0 Å². The normalized spacial score (nSPS) is 10.5. The molecule has 0 unspecified atom stereocenters. The predicted molar refractivity (Wildman–Crippen MR) is 199 cm³/mol. The highest BCUT2D eigenvalue weighted by Crippen LogP contribution is 2.22. The number of carbonyl (C=O) groups excluding carboxylic acids is 5. The fourth-order valence-corrected chi connectivity index (χ4v) is 5.61. The number of anilines is 2. The molecule has 54 heavy (non-hydrogen) atoms. The number of ketones is 3. The minimum absolute atomic E-state index is 0.147. The summed E-state index contributed by atoms with van der Waals surface area (Å²) in [5.41, 5.74) is 0.576. The first-order chi connectivity index (χ1) is 26.0. The lowest BCUT2D eigenvalue weighted by molar-refractivity contribution is 0.0683. The molecule has 0 aliphatic rings. The second-order valence-corrected chi connectivity index (χ2v) is 11.9. The van der Waals surface area contributed by atoms with Gasteiger partial charge in [-0.25, -0.2) is 9.59 Å². The smallest absolute Gasteiger partial charge is 0.336 e. The van der Waals surface area contributed by atoms with Crippen molar-refractivity contribution in [1.29, 1.82) is 0 Å². The molecule has 0 aliphatic carbocycles. The van der Waals surface area contributed by atoms with E-state index in [1.165, 1.54) is 60.7 Å². The summed E-state index contributed by atoms with van der Waals surface area (Å²) in [5, 5.41) is 25.0. The van der Waals surface area contributed by atoms with Crippen LogP contribution in [-0.2, 0) is 0 Å². The monoisotopic (exact) mass is 716 g/mol. The zero-order valence-corrected chi connectivity index (χ0v) is 28.1. The van der Waals surface area contributed by atoms with Gasteiger partial charge in [0.05, 0.1) is 22.3 Å². The molecule has 6 aromatic carbocycles.